The Labute approximate surface area is 108 Å². The first-order chi connectivity index (χ1) is 8.61. The first-order valence-corrected chi connectivity index (χ1v) is 6.31. The number of carbonyl (C=O) groups is 1. The van der Waals surface area contributed by atoms with E-state index in [1.807, 2.05) is 31.2 Å². The minimum absolute atomic E-state index is 0.0163. The zero-order valence-electron chi connectivity index (χ0n) is 11.1. The molecule has 0 aliphatic carbocycles. The van der Waals surface area contributed by atoms with Gasteiger partial charge in [-0.15, -0.1) is 0 Å². The number of carbonyl (C=O) groups excluding carboxylic acids is 1. The lowest BCUT2D eigenvalue weighted by Gasteiger charge is -2.08. The van der Waals surface area contributed by atoms with E-state index >= 15 is 0 Å². The monoisotopic (exact) mass is 242 g/mol. The molecule has 2 aromatic rings. The fourth-order valence-electron chi connectivity index (χ4n) is 1.93. The van der Waals surface area contributed by atoms with Crippen molar-refractivity contribution in [2.24, 2.45) is 0 Å². The van der Waals surface area contributed by atoms with Gasteiger partial charge in [0.2, 0.25) is 0 Å². The minimum Gasteiger partial charge on any atom is -0.469 e. The molecule has 1 aromatic heterocycles. The maximum Gasteiger partial charge on any atom is 0.196 e. The highest BCUT2D eigenvalue weighted by Gasteiger charge is 2.12. The number of benzene rings is 1. The van der Waals surface area contributed by atoms with Crippen LogP contribution in [0.5, 0.6) is 0 Å². The van der Waals surface area contributed by atoms with Crippen molar-refractivity contribution >= 4 is 5.78 Å². The van der Waals surface area contributed by atoms with Crippen LogP contribution >= 0.6 is 0 Å². The second-order valence-electron chi connectivity index (χ2n) is 4.71. The van der Waals surface area contributed by atoms with Crippen LogP contribution in [0.3, 0.4) is 0 Å². The van der Waals surface area contributed by atoms with Gasteiger partial charge in [0.25, 0.3) is 0 Å². The molecule has 2 rings (SSSR count). The van der Waals surface area contributed by atoms with Crippen LogP contribution in [-0.4, -0.2) is 5.78 Å². The molecule has 2 heteroatoms. The molecule has 1 unspecified atom stereocenters. The molecule has 1 aromatic carbocycles. The molecule has 0 N–H and O–H groups in total. The van der Waals surface area contributed by atoms with Crippen molar-refractivity contribution in [3.05, 3.63) is 59.0 Å². The lowest BCUT2D eigenvalue weighted by molar-refractivity contribution is 0.103. The fraction of sp³-hybridized carbons (Fsp3) is 0.312. The third kappa shape index (κ3) is 2.53. The van der Waals surface area contributed by atoms with E-state index in [4.69, 9.17) is 4.42 Å². The van der Waals surface area contributed by atoms with Crippen LogP contribution in [0.15, 0.2) is 41.0 Å². The Morgan fingerprint density at radius 1 is 1.22 bits per heavy atom. The van der Waals surface area contributed by atoms with Gasteiger partial charge in [-0.05, 0) is 30.9 Å². The average Bonchev–Trinajstić information content (AvgIpc) is 2.84. The van der Waals surface area contributed by atoms with Crippen LogP contribution in [0.25, 0.3) is 0 Å². The second-order valence-corrected chi connectivity index (χ2v) is 4.71. The maximum atomic E-state index is 12.2. The van der Waals surface area contributed by atoms with Crippen molar-refractivity contribution < 1.29 is 9.21 Å². The van der Waals surface area contributed by atoms with Crippen molar-refractivity contribution in [1.29, 1.82) is 0 Å². The summed E-state index contributed by atoms with van der Waals surface area (Å²) < 4.78 is 5.17. The number of aryl methyl sites for hydroxylation is 1. The number of hydrogen-bond acceptors (Lipinski definition) is 2. The normalized spacial score (nSPS) is 12.4. The van der Waals surface area contributed by atoms with Gasteiger partial charge >= 0.3 is 0 Å². The topological polar surface area (TPSA) is 30.2 Å². The summed E-state index contributed by atoms with van der Waals surface area (Å²) in [6.07, 6.45) is 2.62. The highest BCUT2D eigenvalue weighted by atomic mass is 16.3. The largest absolute Gasteiger partial charge is 0.469 e. The molecule has 0 fully saturated rings. The molecule has 1 heterocycles. The van der Waals surface area contributed by atoms with E-state index in [0.29, 0.717) is 17.0 Å². The lowest BCUT2D eigenvalue weighted by atomic mass is 9.96. The molecule has 0 amide bonds. The van der Waals surface area contributed by atoms with Gasteiger partial charge < -0.3 is 4.42 Å². The van der Waals surface area contributed by atoms with Gasteiger partial charge in [0.1, 0.15) is 12.0 Å². The van der Waals surface area contributed by atoms with E-state index in [9.17, 15) is 4.79 Å². The summed E-state index contributed by atoms with van der Waals surface area (Å²) in [7, 11) is 0. The molecule has 0 bridgehead atoms. The van der Waals surface area contributed by atoms with Crippen LogP contribution < -0.4 is 0 Å². The highest BCUT2D eigenvalue weighted by molar-refractivity contribution is 6.08. The Morgan fingerprint density at radius 3 is 2.39 bits per heavy atom. The zero-order chi connectivity index (χ0) is 13.1. The quantitative estimate of drug-likeness (QED) is 0.747. The summed E-state index contributed by atoms with van der Waals surface area (Å²) in [5, 5.41) is 0. The lowest BCUT2D eigenvalue weighted by Crippen LogP contribution is -2.00. The van der Waals surface area contributed by atoms with E-state index in [-0.39, 0.29) is 5.78 Å². The summed E-state index contributed by atoms with van der Waals surface area (Å²) >= 11 is 0. The first kappa shape index (κ1) is 12.6. The van der Waals surface area contributed by atoms with E-state index in [0.717, 1.165) is 12.2 Å². The van der Waals surface area contributed by atoms with Gasteiger partial charge in [-0.25, -0.2) is 0 Å². The van der Waals surface area contributed by atoms with E-state index in [1.165, 1.54) is 11.8 Å². The van der Waals surface area contributed by atoms with Crippen molar-refractivity contribution in [3.63, 3.8) is 0 Å². The second kappa shape index (κ2) is 5.21. The van der Waals surface area contributed by atoms with Crippen LogP contribution in [0.2, 0.25) is 0 Å². The van der Waals surface area contributed by atoms with Crippen LogP contribution in [0, 0.1) is 6.92 Å². The van der Waals surface area contributed by atoms with Crippen LogP contribution in [0.1, 0.15) is 53.4 Å². The molecular weight excluding hydrogens is 224 g/mol. The summed E-state index contributed by atoms with van der Waals surface area (Å²) in [6.45, 7) is 6.19. The Bertz CT molecular complexity index is 534. The summed E-state index contributed by atoms with van der Waals surface area (Å²) in [5.74, 6) is 1.31. The van der Waals surface area contributed by atoms with Gasteiger partial charge in [0.15, 0.2) is 5.78 Å². The molecule has 0 aliphatic rings. The van der Waals surface area contributed by atoms with Gasteiger partial charge in [-0.1, -0.05) is 38.1 Å². The van der Waals surface area contributed by atoms with Gasteiger partial charge in [0, 0.05) is 5.56 Å². The molecule has 94 valence electrons. The number of rotatable bonds is 4. The summed E-state index contributed by atoms with van der Waals surface area (Å²) in [4.78, 5) is 12.2. The predicted octanol–water partition coefficient (Wildman–Crippen LogP) is 4.33. The standard InChI is InChI=1S/C16H18O2/c1-4-11(2)13-5-7-14(8-6-13)16(17)15-9-12(3)18-10-15/h5-11H,4H2,1-3H3. The molecular formula is C16H18O2. The van der Waals surface area contributed by atoms with Gasteiger partial charge in [0.05, 0.1) is 5.56 Å². The Balaban J connectivity index is 2.22. The number of ketones is 1. The highest BCUT2D eigenvalue weighted by Crippen LogP contribution is 2.20. The van der Waals surface area contributed by atoms with Crippen molar-refractivity contribution in [1.82, 2.24) is 0 Å². The van der Waals surface area contributed by atoms with E-state index < -0.39 is 0 Å². The van der Waals surface area contributed by atoms with Crippen molar-refractivity contribution in [2.75, 3.05) is 0 Å². The van der Waals surface area contributed by atoms with E-state index in [2.05, 4.69) is 13.8 Å². The van der Waals surface area contributed by atoms with Gasteiger partial charge in [-0.2, -0.15) is 0 Å². The Morgan fingerprint density at radius 2 is 1.89 bits per heavy atom. The molecule has 18 heavy (non-hydrogen) atoms. The van der Waals surface area contributed by atoms with Crippen LogP contribution in [0.4, 0.5) is 0 Å². The molecule has 0 saturated heterocycles. The average molecular weight is 242 g/mol. The Kier molecular flexibility index (Phi) is 3.66. The maximum absolute atomic E-state index is 12.2. The molecule has 0 aliphatic heterocycles. The molecule has 0 radical (unpaired) electrons. The Hall–Kier alpha value is -1.83. The third-order valence-electron chi connectivity index (χ3n) is 3.35. The summed E-state index contributed by atoms with van der Waals surface area (Å²) in [6, 6.07) is 9.63. The van der Waals surface area contributed by atoms with Crippen LogP contribution in [-0.2, 0) is 0 Å². The van der Waals surface area contributed by atoms with E-state index in [1.54, 1.807) is 6.07 Å². The fourth-order valence-corrected chi connectivity index (χ4v) is 1.93. The molecule has 0 saturated carbocycles. The number of furan rings is 1. The predicted molar refractivity (Wildman–Crippen MR) is 72.0 cm³/mol. The smallest absolute Gasteiger partial charge is 0.196 e. The first-order valence-electron chi connectivity index (χ1n) is 6.31. The zero-order valence-corrected chi connectivity index (χ0v) is 11.1. The molecule has 2 nitrogen and oxygen atoms in total. The number of hydrogen-bond donors (Lipinski definition) is 0. The van der Waals surface area contributed by atoms with Gasteiger partial charge in [-0.3, -0.25) is 4.79 Å². The minimum atomic E-state index is 0.0163. The molecule has 0 spiro atoms. The SMILES string of the molecule is CCC(C)c1ccc(C(=O)c2coc(C)c2)cc1. The third-order valence-corrected chi connectivity index (χ3v) is 3.35. The summed E-state index contributed by atoms with van der Waals surface area (Å²) in [5.41, 5.74) is 2.60. The van der Waals surface area contributed by atoms with Crippen molar-refractivity contribution in [2.45, 2.75) is 33.1 Å². The molecule has 1 atom stereocenters. The van der Waals surface area contributed by atoms with Crippen molar-refractivity contribution in [3.8, 4) is 0 Å².